The number of hydrogen-bond donors (Lipinski definition) is 1. The number of hydrogen-bond acceptors (Lipinski definition) is 3. The zero-order valence-electron chi connectivity index (χ0n) is 11.0. The van der Waals surface area contributed by atoms with E-state index in [1.807, 2.05) is 16.8 Å². The van der Waals surface area contributed by atoms with Crippen molar-refractivity contribution in [2.75, 3.05) is 6.54 Å². The second kappa shape index (κ2) is 6.31. The van der Waals surface area contributed by atoms with E-state index in [-0.39, 0.29) is 11.2 Å². The summed E-state index contributed by atoms with van der Waals surface area (Å²) in [5.74, 6) is 0.785. The average molecular weight is 253 g/mol. The number of ketones is 1. The fourth-order valence-corrected chi connectivity index (χ4v) is 2.74. The molecular weight excluding hydrogens is 230 g/mol. The molecule has 1 aromatic rings. The molecule has 2 nitrogen and oxygen atoms in total. The van der Waals surface area contributed by atoms with Crippen LogP contribution >= 0.6 is 11.3 Å². The first-order valence-electron chi connectivity index (χ1n) is 6.20. The van der Waals surface area contributed by atoms with Gasteiger partial charge in [0.05, 0.1) is 0 Å². The van der Waals surface area contributed by atoms with Gasteiger partial charge in [0.15, 0.2) is 5.78 Å². The van der Waals surface area contributed by atoms with Gasteiger partial charge in [-0.1, -0.05) is 20.8 Å². The fraction of sp³-hybridized carbons (Fsp3) is 0.643. The van der Waals surface area contributed by atoms with Crippen LogP contribution in [0.15, 0.2) is 16.8 Å². The Bertz CT molecular complexity index is 338. The summed E-state index contributed by atoms with van der Waals surface area (Å²) >= 11 is 1.58. The minimum atomic E-state index is 0.230. The summed E-state index contributed by atoms with van der Waals surface area (Å²) in [6.07, 6.45) is 2.58. The summed E-state index contributed by atoms with van der Waals surface area (Å²) < 4.78 is 0. The van der Waals surface area contributed by atoms with Crippen LogP contribution in [-0.2, 0) is 0 Å². The molecule has 2 N–H and O–H groups in total. The Balaban J connectivity index is 2.50. The summed E-state index contributed by atoms with van der Waals surface area (Å²) in [7, 11) is 0. The fourth-order valence-electron chi connectivity index (χ4n) is 2.08. The van der Waals surface area contributed by atoms with Gasteiger partial charge in [0.25, 0.3) is 0 Å². The SMILES string of the molecule is CC(C)(C)C(CCN)CCC(=O)c1ccsc1. The Morgan fingerprint density at radius 3 is 2.59 bits per heavy atom. The van der Waals surface area contributed by atoms with Crippen LogP contribution in [0.5, 0.6) is 0 Å². The number of thiophene rings is 1. The second-order valence-electron chi connectivity index (χ2n) is 5.61. The smallest absolute Gasteiger partial charge is 0.163 e. The molecule has 0 radical (unpaired) electrons. The predicted octanol–water partition coefficient (Wildman–Crippen LogP) is 3.72. The van der Waals surface area contributed by atoms with Crippen LogP contribution in [0, 0.1) is 11.3 Å². The van der Waals surface area contributed by atoms with Crippen molar-refractivity contribution in [2.45, 2.75) is 40.0 Å². The first-order valence-corrected chi connectivity index (χ1v) is 7.15. The average Bonchev–Trinajstić information content (AvgIpc) is 2.75. The third kappa shape index (κ3) is 4.60. The molecule has 3 heteroatoms. The van der Waals surface area contributed by atoms with Crippen LogP contribution in [0.25, 0.3) is 0 Å². The Morgan fingerprint density at radius 2 is 2.12 bits per heavy atom. The first kappa shape index (κ1) is 14.4. The van der Waals surface area contributed by atoms with E-state index in [0.717, 1.165) is 18.4 Å². The maximum atomic E-state index is 11.9. The van der Waals surface area contributed by atoms with Crippen LogP contribution < -0.4 is 5.73 Å². The molecule has 1 rings (SSSR count). The molecular formula is C14H23NOS. The standard InChI is InChI=1S/C14H23NOS/c1-14(2,3)12(6-8-15)4-5-13(16)11-7-9-17-10-11/h7,9-10,12H,4-6,8,15H2,1-3H3. The van der Waals surface area contributed by atoms with Gasteiger partial charge in [-0.25, -0.2) is 0 Å². The largest absolute Gasteiger partial charge is 0.330 e. The van der Waals surface area contributed by atoms with Gasteiger partial charge >= 0.3 is 0 Å². The Kier molecular flexibility index (Phi) is 5.34. The molecule has 96 valence electrons. The molecule has 0 amide bonds. The molecule has 17 heavy (non-hydrogen) atoms. The number of Topliss-reactive ketones (excluding diaryl/α,β-unsaturated/α-hetero) is 1. The van der Waals surface area contributed by atoms with Crippen LogP contribution in [0.4, 0.5) is 0 Å². The Labute approximate surface area is 108 Å². The highest BCUT2D eigenvalue weighted by Crippen LogP contribution is 2.32. The molecule has 0 bridgehead atoms. The van der Waals surface area contributed by atoms with Crippen molar-refractivity contribution in [2.24, 2.45) is 17.1 Å². The van der Waals surface area contributed by atoms with Gasteiger partial charge in [0, 0.05) is 17.4 Å². The van der Waals surface area contributed by atoms with Crippen LogP contribution in [0.3, 0.4) is 0 Å². The lowest BCUT2D eigenvalue weighted by Crippen LogP contribution is -2.24. The molecule has 0 fully saturated rings. The van der Waals surface area contributed by atoms with Gasteiger partial charge in [-0.15, -0.1) is 0 Å². The third-order valence-corrected chi connectivity index (χ3v) is 3.99. The van der Waals surface area contributed by atoms with Crippen LogP contribution in [-0.4, -0.2) is 12.3 Å². The normalized spacial score (nSPS) is 13.6. The van der Waals surface area contributed by atoms with E-state index < -0.39 is 0 Å². The highest BCUT2D eigenvalue weighted by Gasteiger charge is 2.24. The zero-order chi connectivity index (χ0) is 12.9. The summed E-state index contributed by atoms with van der Waals surface area (Å²) in [5, 5.41) is 3.88. The van der Waals surface area contributed by atoms with Gasteiger partial charge < -0.3 is 5.73 Å². The van der Waals surface area contributed by atoms with Crippen molar-refractivity contribution < 1.29 is 4.79 Å². The summed E-state index contributed by atoms with van der Waals surface area (Å²) in [4.78, 5) is 11.9. The van der Waals surface area contributed by atoms with E-state index in [0.29, 0.717) is 18.9 Å². The summed E-state index contributed by atoms with van der Waals surface area (Å²) in [6.45, 7) is 7.38. The molecule has 0 spiro atoms. The van der Waals surface area contributed by atoms with E-state index in [1.165, 1.54) is 0 Å². The Morgan fingerprint density at radius 1 is 1.41 bits per heavy atom. The lowest BCUT2D eigenvalue weighted by molar-refractivity contribution is 0.0958. The topological polar surface area (TPSA) is 43.1 Å². The minimum Gasteiger partial charge on any atom is -0.330 e. The third-order valence-electron chi connectivity index (χ3n) is 3.30. The van der Waals surface area contributed by atoms with E-state index in [4.69, 9.17) is 5.73 Å². The quantitative estimate of drug-likeness (QED) is 0.785. The molecule has 0 saturated heterocycles. The molecule has 0 aliphatic carbocycles. The lowest BCUT2D eigenvalue weighted by atomic mass is 9.76. The number of carbonyl (C=O) groups excluding carboxylic acids is 1. The lowest BCUT2D eigenvalue weighted by Gasteiger charge is -2.30. The van der Waals surface area contributed by atoms with Gasteiger partial charge in [-0.05, 0) is 42.2 Å². The maximum Gasteiger partial charge on any atom is 0.163 e. The number of rotatable bonds is 6. The minimum absolute atomic E-state index is 0.230. The monoisotopic (exact) mass is 253 g/mol. The summed E-state index contributed by atoms with van der Waals surface area (Å²) in [5.41, 5.74) is 6.73. The molecule has 0 aliphatic rings. The number of carbonyl (C=O) groups is 1. The van der Waals surface area contributed by atoms with E-state index in [9.17, 15) is 4.79 Å². The first-order chi connectivity index (χ1) is 7.95. The van der Waals surface area contributed by atoms with Crippen LogP contribution in [0.1, 0.15) is 50.4 Å². The van der Waals surface area contributed by atoms with Crippen molar-refractivity contribution in [3.05, 3.63) is 22.4 Å². The van der Waals surface area contributed by atoms with E-state index in [1.54, 1.807) is 11.3 Å². The van der Waals surface area contributed by atoms with Crippen molar-refractivity contribution in [3.8, 4) is 0 Å². The molecule has 1 unspecified atom stereocenters. The predicted molar refractivity (Wildman–Crippen MR) is 74.5 cm³/mol. The second-order valence-corrected chi connectivity index (χ2v) is 6.39. The van der Waals surface area contributed by atoms with Crippen molar-refractivity contribution in [3.63, 3.8) is 0 Å². The molecule has 0 saturated carbocycles. The van der Waals surface area contributed by atoms with Gasteiger partial charge in [-0.2, -0.15) is 11.3 Å². The van der Waals surface area contributed by atoms with Crippen molar-refractivity contribution in [1.82, 2.24) is 0 Å². The zero-order valence-corrected chi connectivity index (χ0v) is 11.8. The Hall–Kier alpha value is -0.670. The molecule has 0 aromatic carbocycles. The van der Waals surface area contributed by atoms with Crippen molar-refractivity contribution in [1.29, 1.82) is 0 Å². The van der Waals surface area contributed by atoms with Gasteiger partial charge in [0.1, 0.15) is 0 Å². The summed E-state index contributed by atoms with van der Waals surface area (Å²) in [6, 6.07) is 1.90. The molecule has 1 aromatic heterocycles. The van der Waals surface area contributed by atoms with Crippen molar-refractivity contribution >= 4 is 17.1 Å². The highest BCUT2D eigenvalue weighted by molar-refractivity contribution is 7.08. The number of nitrogens with two attached hydrogens (primary N) is 1. The van der Waals surface area contributed by atoms with Crippen LogP contribution in [0.2, 0.25) is 0 Å². The van der Waals surface area contributed by atoms with E-state index in [2.05, 4.69) is 20.8 Å². The van der Waals surface area contributed by atoms with E-state index >= 15 is 0 Å². The highest BCUT2D eigenvalue weighted by atomic mass is 32.1. The maximum absolute atomic E-state index is 11.9. The van der Waals surface area contributed by atoms with Gasteiger partial charge in [0.2, 0.25) is 0 Å². The van der Waals surface area contributed by atoms with Gasteiger partial charge in [-0.3, -0.25) is 4.79 Å². The molecule has 0 aliphatic heterocycles. The molecule has 1 atom stereocenters. The molecule has 1 heterocycles.